The van der Waals surface area contributed by atoms with E-state index in [2.05, 4.69) is 218 Å². The van der Waals surface area contributed by atoms with Crippen LogP contribution in [-0.4, -0.2) is 18.3 Å². The highest BCUT2D eigenvalue weighted by Gasteiger charge is 2.20. The van der Waals surface area contributed by atoms with Crippen molar-refractivity contribution in [2.45, 2.75) is 0 Å². The number of hydrogen-bond donors (Lipinski definition) is 0. The maximum absolute atomic E-state index is 10.6. The number of aromatic nitrogens is 4. The topological polar surface area (TPSA) is 67.3 Å². The molecule has 10 aromatic carbocycles. The molecule has 0 radical (unpaired) electrons. The van der Waals surface area contributed by atoms with Crippen LogP contribution in [-0.2, 0) is 0 Å². The number of fused-ring (bicyclic) bond motifs is 12. The molecular formula is C62H36N6. The molecule has 0 amide bonds. The molecule has 0 aliphatic rings. The molecular weight excluding hydrogens is 829 g/mol. The first-order valence-electron chi connectivity index (χ1n) is 22.8. The predicted molar refractivity (Wildman–Crippen MR) is 279 cm³/mol. The maximum atomic E-state index is 10.6. The molecule has 0 aliphatic heterocycles. The third kappa shape index (κ3) is 5.43. The van der Waals surface area contributed by atoms with Crippen molar-refractivity contribution in [1.82, 2.24) is 18.3 Å². The fourth-order valence-corrected chi connectivity index (χ4v) is 11.1. The van der Waals surface area contributed by atoms with Gasteiger partial charge in [0.15, 0.2) is 0 Å². The van der Waals surface area contributed by atoms with Gasteiger partial charge in [-0.3, -0.25) is 0 Å². The SMILES string of the molecule is N#Cc1cc(-c2cccc(-n3c4ccccc4c4cc(-n5c6ccccc6c6ccccc65)ccc43)c2)cc(-n2c3ccc(C#N)cc3c3cc(-n4c5ccccc5c5ccccc54)ccc32)c1. The molecule has 0 saturated heterocycles. The molecule has 0 fully saturated rings. The number of hydrogen-bond acceptors (Lipinski definition) is 2. The van der Waals surface area contributed by atoms with E-state index < -0.39 is 0 Å². The first-order valence-corrected chi connectivity index (χ1v) is 22.8. The van der Waals surface area contributed by atoms with E-state index >= 15 is 0 Å². The summed E-state index contributed by atoms with van der Waals surface area (Å²) in [4.78, 5) is 0. The molecule has 6 nitrogen and oxygen atoms in total. The van der Waals surface area contributed by atoms with Crippen LogP contribution in [0.2, 0.25) is 0 Å². The van der Waals surface area contributed by atoms with Gasteiger partial charge in [0.25, 0.3) is 0 Å². The van der Waals surface area contributed by atoms with Gasteiger partial charge in [-0.15, -0.1) is 0 Å². The van der Waals surface area contributed by atoms with Crippen LogP contribution in [0.4, 0.5) is 0 Å². The molecule has 0 atom stereocenters. The minimum Gasteiger partial charge on any atom is -0.309 e. The molecule has 14 rings (SSSR count). The second-order valence-electron chi connectivity index (χ2n) is 17.6. The molecule has 314 valence electrons. The third-order valence-corrected chi connectivity index (χ3v) is 14.0. The molecule has 4 aromatic heterocycles. The highest BCUT2D eigenvalue weighted by atomic mass is 15.0. The number of nitrogens with zero attached hydrogens (tertiary/aromatic N) is 6. The fourth-order valence-electron chi connectivity index (χ4n) is 11.1. The van der Waals surface area contributed by atoms with Crippen molar-refractivity contribution in [3.63, 3.8) is 0 Å². The lowest BCUT2D eigenvalue weighted by Crippen LogP contribution is -1.98. The second-order valence-corrected chi connectivity index (χ2v) is 17.6. The summed E-state index contributed by atoms with van der Waals surface area (Å²) in [5.41, 5.74) is 15.9. The molecule has 0 unspecified atom stereocenters. The van der Waals surface area contributed by atoms with Gasteiger partial charge in [-0.1, -0.05) is 103 Å². The Bertz CT molecular complexity index is 4430. The van der Waals surface area contributed by atoms with Crippen LogP contribution in [0.15, 0.2) is 218 Å². The van der Waals surface area contributed by atoms with E-state index in [1.54, 1.807) is 0 Å². The summed E-state index contributed by atoms with van der Waals surface area (Å²) < 4.78 is 9.29. The Balaban J connectivity index is 0.928. The lowest BCUT2D eigenvalue weighted by Gasteiger charge is -2.14. The summed E-state index contributed by atoms with van der Waals surface area (Å²) in [6.45, 7) is 0. The fraction of sp³-hybridized carbons (Fsp3) is 0. The molecule has 0 spiro atoms. The van der Waals surface area contributed by atoms with Crippen LogP contribution < -0.4 is 0 Å². The van der Waals surface area contributed by atoms with Crippen LogP contribution in [0.1, 0.15) is 11.1 Å². The Morgan fingerprint density at radius 3 is 1.09 bits per heavy atom. The van der Waals surface area contributed by atoms with Crippen LogP contribution in [0.3, 0.4) is 0 Å². The lowest BCUT2D eigenvalue weighted by molar-refractivity contribution is 1.16. The van der Waals surface area contributed by atoms with Crippen molar-refractivity contribution in [2.75, 3.05) is 0 Å². The second kappa shape index (κ2) is 14.4. The van der Waals surface area contributed by atoms with Crippen molar-refractivity contribution in [1.29, 1.82) is 10.5 Å². The summed E-state index contributed by atoms with van der Waals surface area (Å²) in [5.74, 6) is 0. The van der Waals surface area contributed by atoms with Gasteiger partial charge in [-0.05, 0) is 126 Å². The molecule has 0 aliphatic carbocycles. The maximum Gasteiger partial charge on any atom is 0.0992 e. The van der Waals surface area contributed by atoms with Crippen molar-refractivity contribution in [3.8, 4) is 46.0 Å². The molecule has 68 heavy (non-hydrogen) atoms. The van der Waals surface area contributed by atoms with E-state index in [9.17, 15) is 10.5 Å². The summed E-state index contributed by atoms with van der Waals surface area (Å²) >= 11 is 0. The van der Waals surface area contributed by atoms with Gasteiger partial charge in [0.1, 0.15) is 0 Å². The van der Waals surface area contributed by atoms with Crippen LogP contribution in [0, 0.1) is 22.7 Å². The minimum atomic E-state index is 0.558. The van der Waals surface area contributed by atoms with Crippen molar-refractivity contribution in [2.24, 2.45) is 0 Å². The minimum absolute atomic E-state index is 0.558. The molecule has 14 aromatic rings. The van der Waals surface area contributed by atoms with E-state index in [0.29, 0.717) is 11.1 Å². The summed E-state index contributed by atoms with van der Waals surface area (Å²) in [6.07, 6.45) is 0. The number of benzene rings is 10. The lowest BCUT2D eigenvalue weighted by atomic mass is 10.0. The van der Waals surface area contributed by atoms with E-state index in [-0.39, 0.29) is 0 Å². The van der Waals surface area contributed by atoms with Gasteiger partial charge in [0.05, 0.1) is 67.4 Å². The Hall–Kier alpha value is -9.62. The average molecular weight is 865 g/mol. The monoisotopic (exact) mass is 864 g/mol. The summed E-state index contributed by atoms with van der Waals surface area (Å²) in [6, 6.07) is 81.9. The average Bonchev–Trinajstić information content (AvgIpc) is 4.13. The molecule has 0 bridgehead atoms. The van der Waals surface area contributed by atoms with Gasteiger partial charge in [-0.2, -0.15) is 10.5 Å². The van der Waals surface area contributed by atoms with Gasteiger partial charge in [-0.25, -0.2) is 0 Å². The smallest absolute Gasteiger partial charge is 0.0992 e. The van der Waals surface area contributed by atoms with Crippen LogP contribution in [0.25, 0.3) is 121 Å². The number of para-hydroxylation sites is 5. The Morgan fingerprint density at radius 2 is 0.603 bits per heavy atom. The van der Waals surface area contributed by atoms with Gasteiger partial charge in [0.2, 0.25) is 0 Å². The van der Waals surface area contributed by atoms with Crippen molar-refractivity contribution in [3.05, 3.63) is 230 Å². The zero-order valence-electron chi connectivity index (χ0n) is 36.5. The third-order valence-electron chi connectivity index (χ3n) is 14.0. The first kappa shape index (κ1) is 37.7. The van der Waals surface area contributed by atoms with Crippen molar-refractivity contribution >= 4 is 87.2 Å². The zero-order valence-corrected chi connectivity index (χ0v) is 36.5. The Labute approximate surface area is 389 Å². The highest BCUT2D eigenvalue weighted by molar-refractivity contribution is 6.14. The van der Waals surface area contributed by atoms with Gasteiger partial charge in [0, 0.05) is 65.8 Å². The Kier molecular flexibility index (Phi) is 8.01. The van der Waals surface area contributed by atoms with Gasteiger partial charge < -0.3 is 18.3 Å². The molecule has 0 N–H and O–H groups in total. The van der Waals surface area contributed by atoms with Gasteiger partial charge >= 0.3 is 0 Å². The first-order chi connectivity index (χ1) is 33.6. The van der Waals surface area contributed by atoms with Crippen LogP contribution >= 0.6 is 0 Å². The molecule has 0 saturated carbocycles. The summed E-state index contributed by atoms with van der Waals surface area (Å²) in [7, 11) is 0. The number of rotatable bonds is 5. The molecule has 4 heterocycles. The number of nitriles is 2. The predicted octanol–water partition coefficient (Wildman–Crippen LogP) is 15.5. The standard InChI is InChI=1S/C62H36N6/c63-37-39-24-27-60-52(32-39)54-36-45(67-57-21-8-3-16-49(57)50-17-4-9-22-58(50)67)26-29-62(54)68(60)46-31-40(38-64)30-42(34-46)41-12-11-13-43(33-41)65-59-23-10-5-18-51(59)53-35-44(25-28-61(53)65)66-55-19-6-1-14-47(55)48-15-2-7-20-56(48)66/h1-36H. The van der Waals surface area contributed by atoms with E-state index in [4.69, 9.17) is 0 Å². The van der Waals surface area contributed by atoms with E-state index in [1.807, 2.05) is 30.3 Å². The normalized spacial score (nSPS) is 11.8. The molecule has 6 heteroatoms. The summed E-state index contributed by atoms with van der Waals surface area (Å²) in [5, 5.41) is 29.9. The Morgan fingerprint density at radius 1 is 0.235 bits per heavy atom. The van der Waals surface area contributed by atoms with E-state index in [0.717, 1.165) is 77.7 Å². The zero-order chi connectivity index (χ0) is 45.0. The van der Waals surface area contributed by atoms with Crippen molar-refractivity contribution < 1.29 is 0 Å². The quantitative estimate of drug-likeness (QED) is 0.173. The highest BCUT2D eigenvalue weighted by Crippen LogP contribution is 2.40. The van der Waals surface area contributed by atoms with E-state index in [1.165, 1.54) is 43.4 Å². The largest absolute Gasteiger partial charge is 0.309 e. The van der Waals surface area contributed by atoms with Crippen LogP contribution in [0.5, 0.6) is 0 Å².